The summed E-state index contributed by atoms with van der Waals surface area (Å²) in [6.45, 7) is 3.34. The van der Waals surface area contributed by atoms with Gasteiger partial charge in [0.05, 0.1) is 11.3 Å². The van der Waals surface area contributed by atoms with Gasteiger partial charge < -0.3 is 9.80 Å². The van der Waals surface area contributed by atoms with Gasteiger partial charge in [-0.2, -0.15) is 0 Å². The Kier molecular flexibility index (Phi) is 5.25. The van der Waals surface area contributed by atoms with E-state index in [1.807, 2.05) is 80.5 Å². The van der Waals surface area contributed by atoms with E-state index in [1.165, 1.54) is 16.0 Å². The van der Waals surface area contributed by atoms with Crippen LogP contribution in [0.15, 0.2) is 78.5 Å². The monoisotopic (exact) mass is 437 g/mol. The smallest absolute Gasteiger partial charge is 0.282 e. The Balaban J connectivity index is 1.58. The molecule has 2 amide bonds. The molecule has 166 valence electrons. The molecule has 0 aliphatic carbocycles. The van der Waals surface area contributed by atoms with Crippen LogP contribution in [0.3, 0.4) is 0 Å². The predicted molar refractivity (Wildman–Crippen MR) is 132 cm³/mol. The standard InChI is InChI=1S/C28H27N3O2/c1-19-8-10-21(11-9-19)25-26(30-17-16-20-6-4-5-7-22(20)18-30)28(33)31(27(25)32)24-14-12-23(13-15-24)29(2)3/h4-15H,16-18H2,1-3H3. The molecule has 0 aromatic heterocycles. The van der Waals surface area contributed by atoms with Gasteiger partial charge in [0.25, 0.3) is 11.8 Å². The number of hydrogen-bond donors (Lipinski definition) is 0. The Morgan fingerprint density at radius 1 is 0.788 bits per heavy atom. The first-order valence-electron chi connectivity index (χ1n) is 11.2. The maximum atomic E-state index is 13.8. The molecule has 2 heterocycles. The number of nitrogens with zero attached hydrogens (tertiary/aromatic N) is 3. The summed E-state index contributed by atoms with van der Waals surface area (Å²) in [5, 5.41) is 0. The van der Waals surface area contributed by atoms with Crippen LogP contribution in [0.4, 0.5) is 11.4 Å². The molecular formula is C28H27N3O2. The van der Waals surface area contributed by atoms with Gasteiger partial charge in [-0.25, -0.2) is 4.90 Å². The van der Waals surface area contributed by atoms with Gasteiger partial charge in [-0.1, -0.05) is 54.1 Å². The number of imide groups is 1. The van der Waals surface area contributed by atoms with Crippen LogP contribution in [0.1, 0.15) is 22.3 Å². The molecule has 0 bridgehead atoms. The van der Waals surface area contributed by atoms with Crippen molar-refractivity contribution in [1.82, 2.24) is 4.90 Å². The second-order valence-corrected chi connectivity index (χ2v) is 8.89. The number of fused-ring (bicyclic) bond motifs is 1. The lowest BCUT2D eigenvalue weighted by molar-refractivity contribution is -0.120. The van der Waals surface area contributed by atoms with Crippen molar-refractivity contribution in [2.75, 3.05) is 30.4 Å². The van der Waals surface area contributed by atoms with Gasteiger partial charge >= 0.3 is 0 Å². The second-order valence-electron chi connectivity index (χ2n) is 8.89. The van der Waals surface area contributed by atoms with E-state index in [0.29, 0.717) is 30.0 Å². The third-order valence-corrected chi connectivity index (χ3v) is 6.47. The molecular weight excluding hydrogens is 410 g/mol. The van der Waals surface area contributed by atoms with Gasteiger partial charge in [0.2, 0.25) is 0 Å². The zero-order chi connectivity index (χ0) is 23.1. The van der Waals surface area contributed by atoms with E-state index in [0.717, 1.165) is 23.2 Å². The molecule has 3 aromatic rings. The van der Waals surface area contributed by atoms with Crippen molar-refractivity contribution >= 4 is 28.8 Å². The van der Waals surface area contributed by atoms with E-state index in [9.17, 15) is 9.59 Å². The topological polar surface area (TPSA) is 43.9 Å². The Bertz CT molecular complexity index is 1260. The van der Waals surface area contributed by atoms with Crippen molar-refractivity contribution in [2.45, 2.75) is 19.9 Å². The second kappa shape index (κ2) is 8.24. The quantitative estimate of drug-likeness (QED) is 0.568. The van der Waals surface area contributed by atoms with Crippen molar-refractivity contribution in [1.29, 1.82) is 0 Å². The fraction of sp³-hybridized carbons (Fsp3) is 0.214. The van der Waals surface area contributed by atoms with Crippen molar-refractivity contribution < 1.29 is 9.59 Å². The van der Waals surface area contributed by atoms with Crippen LogP contribution < -0.4 is 9.80 Å². The van der Waals surface area contributed by atoms with Crippen molar-refractivity contribution in [2.24, 2.45) is 0 Å². The van der Waals surface area contributed by atoms with E-state index in [1.54, 1.807) is 0 Å². The summed E-state index contributed by atoms with van der Waals surface area (Å²) >= 11 is 0. The van der Waals surface area contributed by atoms with Crippen LogP contribution in [0, 0.1) is 6.92 Å². The third kappa shape index (κ3) is 3.69. The number of rotatable bonds is 4. The fourth-order valence-electron chi connectivity index (χ4n) is 4.61. The zero-order valence-electron chi connectivity index (χ0n) is 19.2. The molecule has 3 aromatic carbocycles. The highest BCUT2D eigenvalue weighted by Crippen LogP contribution is 2.37. The molecule has 33 heavy (non-hydrogen) atoms. The largest absolute Gasteiger partial charge is 0.378 e. The fourth-order valence-corrected chi connectivity index (χ4v) is 4.61. The summed E-state index contributed by atoms with van der Waals surface area (Å²) in [6, 6.07) is 23.7. The minimum absolute atomic E-state index is 0.257. The molecule has 2 aliphatic rings. The number of amides is 2. The molecule has 0 saturated heterocycles. The van der Waals surface area contributed by atoms with Crippen LogP contribution in [-0.2, 0) is 22.6 Å². The molecule has 5 heteroatoms. The molecule has 0 radical (unpaired) electrons. The normalized spacial score (nSPS) is 15.8. The van der Waals surface area contributed by atoms with Crippen LogP contribution in [-0.4, -0.2) is 37.4 Å². The van der Waals surface area contributed by atoms with Crippen LogP contribution in [0.25, 0.3) is 5.57 Å². The van der Waals surface area contributed by atoms with Crippen LogP contribution in [0.5, 0.6) is 0 Å². The number of aryl methyl sites for hydroxylation is 1. The van der Waals surface area contributed by atoms with Crippen LogP contribution in [0.2, 0.25) is 0 Å². The Morgan fingerprint density at radius 3 is 2.12 bits per heavy atom. The highest BCUT2D eigenvalue weighted by Gasteiger charge is 2.43. The molecule has 0 unspecified atom stereocenters. The van der Waals surface area contributed by atoms with Gasteiger partial charge in [-0.15, -0.1) is 0 Å². The molecule has 5 rings (SSSR count). The minimum Gasteiger partial charge on any atom is -0.378 e. The minimum atomic E-state index is -0.268. The number of carbonyl (C=O) groups is 2. The average Bonchev–Trinajstić information content (AvgIpc) is 3.09. The molecule has 0 spiro atoms. The number of carbonyl (C=O) groups excluding carboxylic acids is 2. The van der Waals surface area contributed by atoms with Crippen LogP contribution >= 0.6 is 0 Å². The van der Waals surface area contributed by atoms with Crippen molar-refractivity contribution in [3.8, 4) is 0 Å². The van der Waals surface area contributed by atoms with Crippen molar-refractivity contribution in [3.05, 3.63) is 101 Å². The Morgan fingerprint density at radius 2 is 1.45 bits per heavy atom. The first kappa shape index (κ1) is 21.0. The van der Waals surface area contributed by atoms with Gasteiger partial charge in [0.15, 0.2) is 0 Å². The van der Waals surface area contributed by atoms with Gasteiger partial charge in [-0.3, -0.25) is 9.59 Å². The summed E-state index contributed by atoms with van der Waals surface area (Å²) in [5.41, 5.74) is 6.98. The molecule has 2 aliphatic heterocycles. The zero-order valence-corrected chi connectivity index (χ0v) is 19.2. The van der Waals surface area contributed by atoms with E-state index < -0.39 is 0 Å². The van der Waals surface area contributed by atoms with E-state index in [2.05, 4.69) is 23.1 Å². The van der Waals surface area contributed by atoms with Gasteiger partial charge in [-0.05, 0) is 54.3 Å². The summed E-state index contributed by atoms with van der Waals surface area (Å²) in [5.74, 6) is -0.525. The number of hydrogen-bond acceptors (Lipinski definition) is 4. The van der Waals surface area contributed by atoms with E-state index >= 15 is 0 Å². The molecule has 0 N–H and O–H groups in total. The lowest BCUT2D eigenvalue weighted by Gasteiger charge is -2.31. The SMILES string of the molecule is Cc1ccc(C2=C(N3CCc4ccccc4C3)C(=O)N(c3ccc(N(C)C)cc3)C2=O)cc1. The van der Waals surface area contributed by atoms with E-state index in [-0.39, 0.29) is 11.8 Å². The first-order chi connectivity index (χ1) is 15.9. The molecule has 0 saturated carbocycles. The Hall–Kier alpha value is -3.86. The summed E-state index contributed by atoms with van der Waals surface area (Å²) in [7, 11) is 3.93. The molecule has 0 fully saturated rings. The highest BCUT2D eigenvalue weighted by atomic mass is 16.2. The highest BCUT2D eigenvalue weighted by molar-refractivity contribution is 6.45. The molecule has 0 atom stereocenters. The maximum Gasteiger partial charge on any atom is 0.282 e. The lowest BCUT2D eigenvalue weighted by Crippen LogP contribution is -2.37. The number of benzene rings is 3. The summed E-state index contributed by atoms with van der Waals surface area (Å²) < 4.78 is 0. The van der Waals surface area contributed by atoms with Gasteiger partial charge in [0.1, 0.15) is 5.70 Å². The first-order valence-corrected chi connectivity index (χ1v) is 11.2. The summed E-state index contributed by atoms with van der Waals surface area (Å²) in [4.78, 5) is 32.9. The average molecular weight is 438 g/mol. The lowest BCUT2D eigenvalue weighted by atomic mass is 9.97. The predicted octanol–water partition coefficient (Wildman–Crippen LogP) is 4.40. The van der Waals surface area contributed by atoms with Crippen molar-refractivity contribution in [3.63, 3.8) is 0 Å². The molecule has 5 nitrogen and oxygen atoms in total. The van der Waals surface area contributed by atoms with Gasteiger partial charge in [0, 0.05) is 32.9 Å². The third-order valence-electron chi connectivity index (χ3n) is 6.47. The number of anilines is 2. The Labute approximate surface area is 194 Å². The maximum absolute atomic E-state index is 13.8. The summed E-state index contributed by atoms with van der Waals surface area (Å²) in [6.07, 6.45) is 0.847. The van der Waals surface area contributed by atoms with E-state index in [4.69, 9.17) is 0 Å².